The predicted octanol–water partition coefficient (Wildman–Crippen LogP) is 2.02. The summed E-state index contributed by atoms with van der Waals surface area (Å²) in [5.41, 5.74) is 1.32. The standard InChI is InChI=1S/C21H36N4O2S/c1-6-24(7-2)19(15-18-11-9-8-10-12-18)16-23-20(22-5)25-13-14-28(26,27)21(3,4)17-25/h8-12,19H,6-7,13-17H2,1-5H3,(H,22,23). The van der Waals surface area contributed by atoms with Crippen molar-refractivity contribution in [3.8, 4) is 0 Å². The Morgan fingerprint density at radius 3 is 2.43 bits per heavy atom. The number of sulfone groups is 1. The summed E-state index contributed by atoms with van der Waals surface area (Å²) < 4.78 is 23.8. The fraction of sp³-hybridized carbons (Fsp3) is 0.667. The van der Waals surface area contributed by atoms with Gasteiger partial charge in [0.25, 0.3) is 0 Å². The number of likely N-dealkylation sites (N-methyl/N-ethyl adjacent to an activating group) is 1. The Kier molecular flexibility index (Phi) is 7.89. The smallest absolute Gasteiger partial charge is 0.193 e. The van der Waals surface area contributed by atoms with Gasteiger partial charge >= 0.3 is 0 Å². The van der Waals surface area contributed by atoms with Crippen LogP contribution in [0.3, 0.4) is 0 Å². The zero-order valence-electron chi connectivity index (χ0n) is 18.0. The van der Waals surface area contributed by atoms with Crippen LogP contribution in [-0.4, -0.2) is 80.5 Å². The maximum atomic E-state index is 12.3. The second-order valence-corrected chi connectivity index (χ2v) is 10.7. The van der Waals surface area contributed by atoms with Crippen molar-refractivity contribution < 1.29 is 8.42 Å². The van der Waals surface area contributed by atoms with Gasteiger partial charge in [0, 0.05) is 32.7 Å². The molecular formula is C21H36N4O2S. The molecule has 1 heterocycles. The number of nitrogens with one attached hydrogen (secondary N) is 1. The molecule has 0 saturated carbocycles. The molecule has 1 aromatic carbocycles. The second kappa shape index (κ2) is 9.74. The predicted molar refractivity (Wildman–Crippen MR) is 118 cm³/mol. The van der Waals surface area contributed by atoms with E-state index in [1.54, 1.807) is 20.9 Å². The maximum Gasteiger partial charge on any atom is 0.193 e. The Bertz CT molecular complexity index is 743. The van der Waals surface area contributed by atoms with Gasteiger partial charge < -0.3 is 10.2 Å². The van der Waals surface area contributed by atoms with Gasteiger partial charge in [0.2, 0.25) is 0 Å². The minimum Gasteiger partial charge on any atom is -0.355 e. The van der Waals surface area contributed by atoms with Crippen molar-refractivity contribution in [1.29, 1.82) is 0 Å². The normalized spacial score (nSPS) is 20.2. The van der Waals surface area contributed by atoms with Gasteiger partial charge in [0.1, 0.15) is 0 Å². The third kappa shape index (κ3) is 5.47. The van der Waals surface area contributed by atoms with E-state index in [-0.39, 0.29) is 5.75 Å². The Morgan fingerprint density at radius 1 is 1.25 bits per heavy atom. The van der Waals surface area contributed by atoms with Crippen molar-refractivity contribution in [2.24, 2.45) is 4.99 Å². The number of hydrogen-bond donors (Lipinski definition) is 1. The van der Waals surface area contributed by atoms with Crippen LogP contribution in [0.1, 0.15) is 33.3 Å². The summed E-state index contributed by atoms with van der Waals surface area (Å²) in [6, 6.07) is 10.9. The van der Waals surface area contributed by atoms with Gasteiger partial charge in [0.05, 0.1) is 10.5 Å². The number of nitrogens with zero attached hydrogens (tertiary/aromatic N) is 3. The zero-order chi connectivity index (χ0) is 20.8. The molecule has 1 N–H and O–H groups in total. The first-order valence-corrected chi connectivity index (χ1v) is 11.8. The first-order chi connectivity index (χ1) is 13.2. The highest BCUT2D eigenvalue weighted by Gasteiger charge is 2.41. The van der Waals surface area contributed by atoms with E-state index in [1.807, 2.05) is 6.07 Å². The molecule has 1 aromatic rings. The molecule has 28 heavy (non-hydrogen) atoms. The van der Waals surface area contributed by atoms with Crippen molar-refractivity contribution in [3.63, 3.8) is 0 Å². The van der Waals surface area contributed by atoms with E-state index >= 15 is 0 Å². The number of benzene rings is 1. The van der Waals surface area contributed by atoms with E-state index in [4.69, 9.17) is 0 Å². The number of hydrogen-bond acceptors (Lipinski definition) is 4. The van der Waals surface area contributed by atoms with Crippen molar-refractivity contribution >= 4 is 15.8 Å². The fourth-order valence-corrected chi connectivity index (χ4v) is 5.19. The lowest BCUT2D eigenvalue weighted by atomic mass is 10.0. The summed E-state index contributed by atoms with van der Waals surface area (Å²) in [4.78, 5) is 8.96. The molecule has 0 amide bonds. The van der Waals surface area contributed by atoms with E-state index < -0.39 is 14.6 Å². The van der Waals surface area contributed by atoms with Gasteiger partial charge in [-0.3, -0.25) is 9.89 Å². The molecule has 0 aromatic heterocycles. The van der Waals surface area contributed by atoms with E-state index in [0.29, 0.717) is 19.1 Å². The molecule has 0 radical (unpaired) electrons. The molecule has 1 atom stereocenters. The minimum absolute atomic E-state index is 0.171. The first-order valence-electron chi connectivity index (χ1n) is 10.2. The minimum atomic E-state index is -3.06. The molecule has 7 heteroatoms. The molecule has 1 unspecified atom stereocenters. The topological polar surface area (TPSA) is 65.0 Å². The summed E-state index contributed by atoms with van der Waals surface area (Å²) in [6.07, 6.45) is 0.965. The lowest BCUT2D eigenvalue weighted by Gasteiger charge is -2.40. The zero-order valence-corrected chi connectivity index (χ0v) is 18.8. The van der Waals surface area contributed by atoms with Crippen LogP contribution in [0.25, 0.3) is 0 Å². The lowest BCUT2D eigenvalue weighted by molar-refractivity contribution is 0.213. The molecule has 1 fully saturated rings. The molecule has 1 aliphatic heterocycles. The van der Waals surface area contributed by atoms with Gasteiger partial charge in [-0.1, -0.05) is 44.2 Å². The third-order valence-electron chi connectivity index (χ3n) is 5.69. The van der Waals surface area contributed by atoms with Gasteiger partial charge in [-0.05, 0) is 38.9 Å². The van der Waals surface area contributed by atoms with E-state index in [1.165, 1.54) is 5.56 Å². The molecule has 0 aliphatic carbocycles. The van der Waals surface area contributed by atoms with Crippen LogP contribution in [0.2, 0.25) is 0 Å². The third-order valence-corrected chi connectivity index (χ3v) is 8.23. The van der Waals surface area contributed by atoms with Gasteiger partial charge in [-0.15, -0.1) is 0 Å². The van der Waals surface area contributed by atoms with Crippen molar-refractivity contribution in [2.45, 2.75) is 44.9 Å². The summed E-state index contributed by atoms with van der Waals surface area (Å²) >= 11 is 0. The van der Waals surface area contributed by atoms with Crippen LogP contribution < -0.4 is 5.32 Å². The Morgan fingerprint density at radius 2 is 1.89 bits per heavy atom. The molecule has 1 aliphatic rings. The quantitative estimate of drug-likeness (QED) is 0.552. The average molecular weight is 409 g/mol. The fourth-order valence-electron chi connectivity index (χ4n) is 3.82. The monoisotopic (exact) mass is 408 g/mol. The Hall–Kier alpha value is -1.60. The summed E-state index contributed by atoms with van der Waals surface area (Å²) in [7, 11) is -1.30. The molecule has 0 spiro atoms. The van der Waals surface area contributed by atoms with Gasteiger partial charge in [0.15, 0.2) is 15.8 Å². The van der Waals surface area contributed by atoms with E-state index in [9.17, 15) is 8.42 Å². The molecule has 2 rings (SSSR count). The first kappa shape index (κ1) is 22.7. The number of guanidine groups is 1. The van der Waals surface area contributed by atoms with E-state index in [0.717, 1.165) is 32.0 Å². The number of aliphatic imine (C=N–C) groups is 1. The lowest BCUT2D eigenvalue weighted by Crippen LogP contribution is -2.58. The van der Waals surface area contributed by atoms with Crippen LogP contribution >= 0.6 is 0 Å². The van der Waals surface area contributed by atoms with E-state index in [2.05, 4.69) is 58.2 Å². The summed E-state index contributed by atoms with van der Waals surface area (Å²) in [5.74, 6) is 0.956. The SMILES string of the molecule is CCN(CC)C(CNC(=NC)N1CCS(=O)(=O)C(C)(C)C1)Cc1ccccc1. The van der Waals surface area contributed by atoms with Crippen molar-refractivity contribution in [1.82, 2.24) is 15.1 Å². The largest absolute Gasteiger partial charge is 0.355 e. The maximum absolute atomic E-state index is 12.3. The van der Waals surface area contributed by atoms with Crippen LogP contribution in [0.15, 0.2) is 35.3 Å². The Labute approximate surface area is 170 Å². The molecular weight excluding hydrogens is 372 g/mol. The van der Waals surface area contributed by atoms with Crippen LogP contribution in [0.5, 0.6) is 0 Å². The second-order valence-electron chi connectivity index (χ2n) is 7.99. The molecule has 1 saturated heterocycles. The van der Waals surface area contributed by atoms with Crippen molar-refractivity contribution in [2.75, 3.05) is 45.5 Å². The molecule has 6 nitrogen and oxygen atoms in total. The number of rotatable bonds is 7. The Balaban J connectivity index is 2.07. The van der Waals surface area contributed by atoms with Gasteiger partial charge in [-0.2, -0.15) is 0 Å². The average Bonchev–Trinajstić information content (AvgIpc) is 2.66. The highest BCUT2D eigenvalue weighted by atomic mass is 32.2. The highest BCUT2D eigenvalue weighted by Crippen LogP contribution is 2.23. The van der Waals surface area contributed by atoms with Crippen LogP contribution in [0, 0.1) is 0 Å². The van der Waals surface area contributed by atoms with Crippen LogP contribution in [-0.2, 0) is 16.3 Å². The molecule has 158 valence electrons. The summed E-state index contributed by atoms with van der Waals surface area (Å²) in [6.45, 7) is 11.7. The van der Waals surface area contributed by atoms with Crippen molar-refractivity contribution in [3.05, 3.63) is 35.9 Å². The molecule has 0 bridgehead atoms. The van der Waals surface area contributed by atoms with Crippen LogP contribution in [0.4, 0.5) is 0 Å². The summed E-state index contributed by atoms with van der Waals surface area (Å²) in [5, 5.41) is 3.51. The highest BCUT2D eigenvalue weighted by molar-refractivity contribution is 7.92. The van der Waals surface area contributed by atoms with Gasteiger partial charge in [-0.25, -0.2) is 8.42 Å².